The van der Waals surface area contributed by atoms with Crippen LogP contribution in [0.1, 0.15) is 11.1 Å². The molecule has 0 spiro atoms. The number of nitrogen functional groups attached to an aromatic ring is 1. The highest BCUT2D eigenvalue weighted by atomic mass is 32.2. The maximum absolute atomic E-state index is 12.2. The van der Waals surface area contributed by atoms with Gasteiger partial charge in [-0.1, -0.05) is 41.6 Å². The molecule has 0 saturated carbocycles. The van der Waals surface area contributed by atoms with Crippen LogP contribution in [0, 0.1) is 13.8 Å². The van der Waals surface area contributed by atoms with E-state index < -0.39 is 0 Å². The standard InChI is InChI=1S/C18H18N4O2S/c1-11-7-8-14(12(2)9-11)20-16(23)10-25-18-21-15-6-4-3-5-13(15)17(24)22(18)19/h3-9H,10,19H2,1-2H3,(H,20,23). The van der Waals surface area contributed by atoms with Gasteiger partial charge in [-0.2, -0.15) is 0 Å². The zero-order valence-electron chi connectivity index (χ0n) is 13.9. The Hall–Kier alpha value is -2.80. The molecule has 0 atom stereocenters. The zero-order valence-corrected chi connectivity index (χ0v) is 14.8. The second kappa shape index (κ2) is 6.98. The first kappa shape index (κ1) is 17.0. The zero-order chi connectivity index (χ0) is 18.0. The number of nitrogens with zero attached hydrogens (tertiary/aromatic N) is 2. The van der Waals surface area contributed by atoms with Crippen molar-refractivity contribution < 1.29 is 4.79 Å². The van der Waals surface area contributed by atoms with Gasteiger partial charge < -0.3 is 11.2 Å². The third-order valence-corrected chi connectivity index (χ3v) is 4.72. The molecule has 2 aromatic carbocycles. The number of aryl methyl sites for hydroxylation is 2. The third-order valence-electron chi connectivity index (χ3n) is 3.76. The first-order valence-corrected chi connectivity index (χ1v) is 8.71. The fraction of sp³-hybridized carbons (Fsp3) is 0.167. The van der Waals surface area contributed by atoms with E-state index in [-0.39, 0.29) is 17.2 Å². The molecule has 0 aliphatic carbocycles. The second-order valence-corrected chi connectivity index (χ2v) is 6.68. The van der Waals surface area contributed by atoms with Gasteiger partial charge in [0.2, 0.25) is 5.91 Å². The summed E-state index contributed by atoms with van der Waals surface area (Å²) in [6.45, 7) is 3.94. The number of benzene rings is 2. The average molecular weight is 354 g/mol. The Morgan fingerprint density at radius 3 is 2.76 bits per heavy atom. The molecule has 3 N–H and O–H groups in total. The van der Waals surface area contributed by atoms with Gasteiger partial charge >= 0.3 is 0 Å². The Labute approximate surface area is 149 Å². The molecule has 0 saturated heterocycles. The normalized spacial score (nSPS) is 10.8. The van der Waals surface area contributed by atoms with Crippen LogP contribution in [0.15, 0.2) is 52.4 Å². The number of amides is 1. The van der Waals surface area contributed by atoms with Gasteiger partial charge in [-0.25, -0.2) is 9.66 Å². The fourth-order valence-corrected chi connectivity index (χ4v) is 3.21. The summed E-state index contributed by atoms with van der Waals surface area (Å²) in [6.07, 6.45) is 0. The number of anilines is 1. The van der Waals surface area contributed by atoms with Crippen molar-refractivity contribution in [1.29, 1.82) is 0 Å². The third kappa shape index (κ3) is 3.66. The molecule has 0 unspecified atom stereocenters. The molecule has 3 rings (SSSR count). The van der Waals surface area contributed by atoms with Crippen molar-refractivity contribution in [2.45, 2.75) is 19.0 Å². The molecule has 1 aromatic heterocycles. The lowest BCUT2D eigenvalue weighted by Crippen LogP contribution is -2.30. The molecular weight excluding hydrogens is 336 g/mol. The Bertz CT molecular complexity index is 1010. The highest BCUT2D eigenvalue weighted by molar-refractivity contribution is 7.99. The van der Waals surface area contributed by atoms with Crippen LogP contribution in [0.2, 0.25) is 0 Å². The van der Waals surface area contributed by atoms with Crippen LogP contribution in [0.25, 0.3) is 10.9 Å². The summed E-state index contributed by atoms with van der Waals surface area (Å²) in [5.41, 5.74) is 3.14. The minimum atomic E-state index is -0.331. The molecule has 3 aromatic rings. The van der Waals surface area contributed by atoms with Crippen LogP contribution in [-0.2, 0) is 4.79 Å². The van der Waals surface area contributed by atoms with Crippen molar-refractivity contribution in [2.75, 3.05) is 16.9 Å². The lowest BCUT2D eigenvalue weighted by atomic mass is 10.1. The second-order valence-electron chi connectivity index (χ2n) is 5.74. The summed E-state index contributed by atoms with van der Waals surface area (Å²) in [5.74, 6) is 5.74. The molecule has 1 amide bonds. The quantitative estimate of drug-likeness (QED) is 0.427. The molecule has 1 heterocycles. The minimum Gasteiger partial charge on any atom is -0.334 e. The summed E-state index contributed by atoms with van der Waals surface area (Å²) >= 11 is 1.13. The van der Waals surface area contributed by atoms with Crippen molar-refractivity contribution in [3.05, 3.63) is 63.9 Å². The first-order chi connectivity index (χ1) is 12.0. The first-order valence-electron chi connectivity index (χ1n) is 7.72. The van der Waals surface area contributed by atoms with Crippen molar-refractivity contribution in [1.82, 2.24) is 9.66 Å². The average Bonchev–Trinajstić information content (AvgIpc) is 2.59. The van der Waals surface area contributed by atoms with E-state index >= 15 is 0 Å². The highest BCUT2D eigenvalue weighted by Gasteiger charge is 2.12. The van der Waals surface area contributed by atoms with E-state index in [0.717, 1.165) is 33.3 Å². The number of hydrogen-bond donors (Lipinski definition) is 2. The number of rotatable bonds is 4. The minimum absolute atomic E-state index is 0.106. The smallest absolute Gasteiger partial charge is 0.280 e. The van der Waals surface area contributed by atoms with Gasteiger partial charge in [0.25, 0.3) is 5.56 Å². The van der Waals surface area contributed by atoms with Crippen LogP contribution < -0.4 is 16.7 Å². The molecule has 128 valence electrons. The largest absolute Gasteiger partial charge is 0.334 e. The number of nitrogens with one attached hydrogen (secondary N) is 1. The Morgan fingerprint density at radius 2 is 2.00 bits per heavy atom. The fourth-order valence-electron chi connectivity index (χ4n) is 2.50. The van der Waals surface area contributed by atoms with Crippen LogP contribution in [0.3, 0.4) is 0 Å². The monoisotopic (exact) mass is 354 g/mol. The maximum atomic E-state index is 12.2. The van der Waals surface area contributed by atoms with E-state index in [1.807, 2.05) is 32.0 Å². The van der Waals surface area contributed by atoms with Crippen LogP contribution in [0.5, 0.6) is 0 Å². The van der Waals surface area contributed by atoms with E-state index in [1.54, 1.807) is 24.3 Å². The molecule has 0 aliphatic heterocycles. The summed E-state index contributed by atoms with van der Waals surface area (Å²) < 4.78 is 0.984. The van der Waals surface area contributed by atoms with Gasteiger partial charge in [-0.15, -0.1) is 0 Å². The predicted octanol–water partition coefficient (Wildman–Crippen LogP) is 2.46. The van der Waals surface area contributed by atoms with Crippen LogP contribution >= 0.6 is 11.8 Å². The van der Waals surface area contributed by atoms with Gasteiger partial charge in [0.05, 0.1) is 16.7 Å². The number of para-hydroxylation sites is 1. The molecule has 0 radical (unpaired) electrons. The van der Waals surface area contributed by atoms with E-state index in [2.05, 4.69) is 10.3 Å². The molecule has 7 heteroatoms. The van der Waals surface area contributed by atoms with Gasteiger partial charge in [-0.3, -0.25) is 9.59 Å². The van der Waals surface area contributed by atoms with Crippen molar-refractivity contribution >= 4 is 34.3 Å². The van der Waals surface area contributed by atoms with Gasteiger partial charge in [-0.05, 0) is 37.6 Å². The molecule has 0 aliphatic rings. The number of hydrogen-bond acceptors (Lipinski definition) is 5. The lowest BCUT2D eigenvalue weighted by Gasteiger charge is -2.10. The molecule has 0 fully saturated rings. The lowest BCUT2D eigenvalue weighted by molar-refractivity contribution is -0.113. The van der Waals surface area contributed by atoms with E-state index in [4.69, 9.17) is 5.84 Å². The summed E-state index contributed by atoms with van der Waals surface area (Å²) in [5, 5.41) is 3.62. The Morgan fingerprint density at radius 1 is 1.24 bits per heavy atom. The maximum Gasteiger partial charge on any atom is 0.280 e. The molecule has 0 bridgehead atoms. The highest BCUT2D eigenvalue weighted by Crippen LogP contribution is 2.19. The van der Waals surface area contributed by atoms with E-state index in [0.29, 0.717) is 16.1 Å². The molecule has 25 heavy (non-hydrogen) atoms. The van der Waals surface area contributed by atoms with Crippen LogP contribution in [0.4, 0.5) is 5.69 Å². The molecular formula is C18H18N4O2S. The summed E-state index contributed by atoms with van der Waals surface area (Å²) in [4.78, 5) is 28.8. The van der Waals surface area contributed by atoms with Crippen molar-refractivity contribution in [2.24, 2.45) is 0 Å². The molecule has 6 nitrogen and oxygen atoms in total. The van der Waals surface area contributed by atoms with E-state index in [9.17, 15) is 9.59 Å². The van der Waals surface area contributed by atoms with Gasteiger partial charge in [0.15, 0.2) is 5.16 Å². The SMILES string of the molecule is Cc1ccc(NC(=O)CSc2nc3ccccc3c(=O)n2N)c(C)c1. The number of carbonyl (C=O) groups excluding carboxylic acids is 1. The number of aromatic nitrogens is 2. The predicted molar refractivity (Wildman–Crippen MR) is 101 cm³/mol. The number of nitrogens with two attached hydrogens (primary N) is 1. The Kier molecular flexibility index (Phi) is 4.76. The number of thioether (sulfide) groups is 1. The van der Waals surface area contributed by atoms with Crippen molar-refractivity contribution in [3.8, 4) is 0 Å². The number of carbonyl (C=O) groups is 1. The van der Waals surface area contributed by atoms with E-state index in [1.165, 1.54) is 0 Å². The summed E-state index contributed by atoms with van der Waals surface area (Å²) in [6, 6.07) is 12.8. The van der Waals surface area contributed by atoms with Crippen LogP contribution in [-0.4, -0.2) is 21.3 Å². The Balaban J connectivity index is 1.75. The van der Waals surface area contributed by atoms with Gasteiger partial charge in [0.1, 0.15) is 0 Å². The summed E-state index contributed by atoms with van der Waals surface area (Å²) in [7, 11) is 0. The van der Waals surface area contributed by atoms with Crippen molar-refractivity contribution in [3.63, 3.8) is 0 Å². The van der Waals surface area contributed by atoms with Gasteiger partial charge in [0, 0.05) is 5.69 Å². The topological polar surface area (TPSA) is 90.0 Å². The number of fused-ring (bicyclic) bond motifs is 1.